The van der Waals surface area contributed by atoms with Crippen molar-refractivity contribution < 1.29 is 4.79 Å². The van der Waals surface area contributed by atoms with Crippen LogP contribution in [0, 0.1) is 20.8 Å². The smallest absolute Gasteiger partial charge is 0.321 e. The highest BCUT2D eigenvalue weighted by atomic mass is 16.2. The highest BCUT2D eigenvalue weighted by molar-refractivity contribution is 6.02. The number of nitrogens with one attached hydrogen (secondary N) is 1. The Labute approximate surface area is 196 Å². The third kappa shape index (κ3) is 4.32. The van der Waals surface area contributed by atoms with E-state index in [1.807, 2.05) is 18.5 Å². The van der Waals surface area contributed by atoms with E-state index in [1.165, 1.54) is 35.5 Å². The zero-order valence-corrected chi connectivity index (χ0v) is 19.8. The quantitative estimate of drug-likeness (QED) is 0.463. The maximum atomic E-state index is 12.6. The minimum atomic E-state index is -0.468. The van der Waals surface area contributed by atoms with Crippen LogP contribution in [0.2, 0.25) is 0 Å². The number of aromatic nitrogens is 5. The number of fused-ring (bicyclic) bond motifs is 1. The number of aryl methyl sites for hydroxylation is 3. The fourth-order valence-electron chi connectivity index (χ4n) is 3.85. The van der Waals surface area contributed by atoms with Crippen molar-refractivity contribution in [3.63, 3.8) is 0 Å². The van der Waals surface area contributed by atoms with Crippen LogP contribution in [0.5, 0.6) is 0 Å². The van der Waals surface area contributed by atoms with Crippen molar-refractivity contribution in [2.24, 2.45) is 14.1 Å². The number of nitrogens with zero attached hydrogens (tertiary/aromatic N) is 5. The molecule has 0 aliphatic carbocycles. The van der Waals surface area contributed by atoms with Crippen LogP contribution in [-0.4, -0.2) is 29.8 Å². The zero-order chi connectivity index (χ0) is 24.6. The van der Waals surface area contributed by atoms with E-state index in [9.17, 15) is 14.4 Å². The van der Waals surface area contributed by atoms with Gasteiger partial charge >= 0.3 is 5.69 Å². The van der Waals surface area contributed by atoms with Crippen LogP contribution in [0.15, 0.2) is 52.2 Å². The van der Waals surface area contributed by atoms with Gasteiger partial charge in [0, 0.05) is 31.4 Å². The summed E-state index contributed by atoms with van der Waals surface area (Å²) in [4.78, 5) is 41.3. The molecule has 0 aliphatic heterocycles. The van der Waals surface area contributed by atoms with Gasteiger partial charge in [0.1, 0.15) is 5.65 Å². The van der Waals surface area contributed by atoms with E-state index in [0.717, 1.165) is 27.1 Å². The maximum Gasteiger partial charge on any atom is 0.332 e. The number of hydrogen-bond donors (Lipinski definition) is 1. The van der Waals surface area contributed by atoms with Gasteiger partial charge in [-0.2, -0.15) is 5.10 Å². The van der Waals surface area contributed by atoms with Crippen LogP contribution in [0.3, 0.4) is 0 Å². The molecule has 9 heteroatoms. The molecule has 0 bridgehead atoms. The Balaban J connectivity index is 1.54. The normalized spacial score (nSPS) is 11.4. The molecule has 0 atom stereocenters. The first-order valence-electron chi connectivity index (χ1n) is 10.8. The minimum absolute atomic E-state index is 0.246. The molecular weight excluding hydrogens is 432 g/mol. The highest BCUT2D eigenvalue weighted by Gasteiger charge is 2.12. The predicted octanol–water partition coefficient (Wildman–Crippen LogP) is 2.45. The van der Waals surface area contributed by atoms with Gasteiger partial charge in [-0.05, 0) is 38.5 Å². The van der Waals surface area contributed by atoms with E-state index in [1.54, 1.807) is 13.1 Å². The summed E-state index contributed by atoms with van der Waals surface area (Å²) in [5, 5.41) is 7.59. The van der Waals surface area contributed by atoms with Gasteiger partial charge in [-0.25, -0.2) is 9.78 Å². The van der Waals surface area contributed by atoms with Gasteiger partial charge in [0.05, 0.1) is 29.5 Å². The van der Waals surface area contributed by atoms with Crippen LogP contribution in [0.4, 0.5) is 5.69 Å². The summed E-state index contributed by atoms with van der Waals surface area (Å²) in [5.41, 5.74) is 4.71. The first-order chi connectivity index (χ1) is 16.2. The van der Waals surface area contributed by atoms with Crippen molar-refractivity contribution in [3.8, 4) is 0 Å². The van der Waals surface area contributed by atoms with Gasteiger partial charge < -0.3 is 5.32 Å². The van der Waals surface area contributed by atoms with Crippen molar-refractivity contribution in [2.75, 3.05) is 5.32 Å². The average molecular weight is 459 g/mol. The molecule has 0 aliphatic rings. The van der Waals surface area contributed by atoms with Crippen LogP contribution < -0.4 is 16.6 Å². The Morgan fingerprint density at radius 3 is 2.47 bits per heavy atom. The third-order valence-electron chi connectivity index (χ3n) is 5.85. The molecular formula is C25H26N6O3. The van der Waals surface area contributed by atoms with Gasteiger partial charge in [-0.15, -0.1) is 0 Å². The first-order valence-corrected chi connectivity index (χ1v) is 10.8. The molecule has 0 unspecified atom stereocenters. The Kier molecular flexibility index (Phi) is 6.02. The average Bonchev–Trinajstić information content (AvgIpc) is 3.08. The first kappa shape index (κ1) is 22.9. The fraction of sp³-hybridized carbons (Fsp3) is 0.240. The Morgan fingerprint density at radius 2 is 1.76 bits per heavy atom. The summed E-state index contributed by atoms with van der Waals surface area (Å²) in [5.74, 6) is -0.368. The van der Waals surface area contributed by atoms with Crippen molar-refractivity contribution in [3.05, 3.63) is 91.5 Å². The summed E-state index contributed by atoms with van der Waals surface area (Å²) < 4.78 is 4.22. The lowest BCUT2D eigenvalue weighted by molar-refractivity contribution is -0.111. The molecule has 0 radical (unpaired) electrons. The van der Waals surface area contributed by atoms with E-state index >= 15 is 0 Å². The number of amides is 1. The molecule has 3 aromatic heterocycles. The lowest BCUT2D eigenvalue weighted by Crippen LogP contribution is -2.37. The van der Waals surface area contributed by atoms with Gasteiger partial charge in [0.25, 0.3) is 5.56 Å². The zero-order valence-electron chi connectivity index (χ0n) is 19.8. The Bertz CT molecular complexity index is 1560. The maximum absolute atomic E-state index is 12.6. The third-order valence-corrected chi connectivity index (χ3v) is 5.85. The topological polar surface area (TPSA) is 104 Å². The van der Waals surface area contributed by atoms with E-state index in [-0.39, 0.29) is 16.9 Å². The monoisotopic (exact) mass is 458 g/mol. The standard InChI is InChI=1S/C25H26N6O3/c1-15-6-8-18(9-7-15)14-31-17(3)20(16(2)28-31)10-11-22(32)27-19-12-21-23(26-13-19)29(4)25(34)30(5)24(21)33/h6-13H,14H2,1-5H3,(H,27,32)/b11-10+. The van der Waals surface area contributed by atoms with Gasteiger partial charge in [0.15, 0.2) is 0 Å². The molecule has 4 aromatic rings. The number of benzene rings is 1. The van der Waals surface area contributed by atoms with Crippen molar-refractivity contribution in [2.45, 2.75) is 27.3 Å². The van der Waals surface area contributed by atoms with Gasteiger partial charge in [-0.1, -0.05) is 29.8 Å². The molecule has 0 spiro atoms. The number of rotatable bonds is 5. The Morgan fingerprint density at radius 1 is 1.06 bits per heavy atom. The molecule has 0 saturated heterocycles. The highest BCUT2D eigenvalue weighted by Crippen LogP contribution is 2.17. The summed E-state index contributed by atoms with van der Waals surface area (Å²) in [6.45, 7) is 6.58. The molecule has 1 aromatic carbocycles. The van der Waals surface area contributed by atoms with Crippen molar-refractivity contribution in [1.29, 1.82) is 0 Å². The number of anilines is 1. The predicted molar refractivity (Wildman–Crippen MR) is 132 cm³/mol. The van der Waals surface area contributed by atoms with E-state index in [4.69, 9.17) is 0 Å². The summed E-state index contributed by atoms with van der Waals surface area (Å²) in [6.07, 6.45) is 4.58. The number of hydrogen-bond acceptors (Lipinski definition) is 5. The van der Waals surface area contributed by atoms with Gasteiger partial charge in [-0.3, -0.25) is 23.4 Å². The molecule has 0 fully saturated rings. The van der Waals surface area contributed by atoms with Crippen molar-refractivity contribution >= 4 is 28.7 Å². The molecule has 174 valence electrons. The molecule has 9 nitrogen and oxygen atoms in total. The number of carbonyl (C=O) groups excluding carboxylic acids is 1. The van der Waals surface area contributed by atoms with Crippen molar-refractivity contribution in [1.82, 2.24) is 23.9 Å². The molecule has 34 heavy (non-hydrogen) atoms. The summed E-state index contributed by atoms with van der Waals surface area (Å²) in [7, 11) is 2.95. The molecule has 1 N–H and O–H groups in total. The van der Waals surface area contributed by atoms with E-state index in [0.29, 0.717) is 12.2 Å². The number of pyridine rings is 1. The fourth-order valence-corrected chi connectivity index (χ4v) is 3.85. The molecule has 1 amide bonds. The van der Waals surface area contributed by atoms with Gasteiger partial charge in [0.2, 0.25) is 5.91 Å². The molecule has 3 heterocycles. The summed E-state index contributed by atoms with van der Waals surface area (Å²) in [6, 6.07) is 9.83. The molecule has 0 saturated carbocycles. The van der Waals surface area contributed by atoms with E-state index in [2.05, 4.69) is 46.6 Å². The second-order valence-electron chi connectivity index (χ2n) is 8.35. The van der Waals surface area contributed by atoms with Crippen LogP contribution >= 0.6 is 0 Å². The van der Waals surface area contributed by atoms with E-state index < -0.39 is 11.2 Å². The summed E-state index contributed by atoms with van der Waals surface area (Å²) >= 11 is 0. The number of carbonyl (C=O) groups is 1. The Hall–Kier alpha value is -4.27. The lowest BCUT2D eigenvalue weighted by Gasteiger charge is -2.08. The van der Waals surface area contributed by atoms with Crippen LogP contribution in [0.1, 0.15) is 28.1 Å². The van der Waals surface area contributed by atoms with Crippen LogP contribution in [0.25, 0.3) is 17.1 Å². The largest absolute Gasteiger partial charge is 0.332 e. The van der Waals surface area contributed by atoms with Crippen LogP contribution in [-0.2, 0) is 25.4 Å². The SMILES string of the molecule is Cc1ccc(Cn2nc(C)c(/C=C/C(=O)Nc3cnc4c(c3)c(=O)n(C)c(=O)n4C)c2C)cc1. The minimum Gasteiger partial charge on any atom is -0.321 e. The second-order valence-corrected chi connectivity index (χ2v) is 8.35. The lowest BCUT2D eigenvalue weighted by atomic mass is 10.1. The molecule has 4 rings (SSSR count). The second kappa shape index (κ2) is 8.93.